The summed E-state index contributed by atoms with van der Waals surface area (Å²) >= 11 is 17.6. The molecule has 0 saturated carbocycles. The van der Waals surface area contributed by atoms with Gasteiger partial charge in [0, 0.05) is 5.02 Å². The van der Waals surface area contributed by atoms with Crippen LogP contribution >= 0.6 is 34.8 Å². The summed E-state index contributed by atoms with van der Waals surface area (Å²) in [5.74, 6) is -0.646. The third-order valence-electron chi connectivity index (χ3n) is 2.95. The normalized spacial score (nSPS) is 11.3. The van der Waals surface area contributed by atoms with E-state index in [-0.39, 0.29) is 32.2 Å². The van der Waals surface area contributed by atoms with E-state index in [2.05, 4.69) is 6.58 Å². The van der Waals surface area contributed by atoms with Gasteiger partial charge in [-0.2, -0.15) is 0 Å². The maximum atomic E-state index is 13.3. The van der Waals surface area contributed by atoms with Gasteiger partial charge >= 0.3 is 0 Å². The highest BCUT2D eigenvalue weighted by Crippen LogP contribution is 2.32. The Bertz CT molecular complexity index is 856. The highest BCUT2D eigenvalue weighted by atomic mass is 35.5. The second kappa shape index (κ2) is 7.09. The topological polar surface area (TPSA) is 37.4 Å². The van der Waals surface area contributed by atoms with Crippen molar-refractivity contribution in [2.24, 2.45) is 0 Å². The van der Waals surface area contributed by atoms with Gasteiger partial charge in [-0.05, 0) is 36.4 Å². The van der Waals surface area contributed by atoms with Crippen molar-refractivity contribution in [3.8, 4) is 0 Å². The van der Waals surface area contributed by atoms with E-state index in [1.54, 1.807) is 0 Å². The first-order valence-electron chi connectivity index (χ1n) is 6.31. The standard InChI is InChI=1S/C15H11Cl3FNO2S/c1-2-7-20(11-4-6-14(19)13(18)9-11)23(21,22)15-8-10(16)3-5-12(15)17/h2-6,8-9H,1,7H2. The molecule has 2 rings (SSSR count). The Morgan fingerprint density at radius 1 is 1.09 bits per heavy atom. The Morgan fingerprint density at radius 3 is 2.39 bits per heavy atom. The van der Waals surface area contributed by atoms with Crippen molar-refractivity contribution < 1.29 is 12.8 Å². The monoisotopic (exact) mass is 393 g/mol. The van der Waals surface area contributed by atoms with Gasteiger partial charge in [0.15, 0.2) is 0 Å². The van der Waals surface area contributed by atoms with Gasteiger partial charge in [-0.3, -0.25) is 4.31 Å². The lowest BCUT2D eigenvalue weighted by Gasteiger charge is -2.24. The number of hydrogen-bond donors (Lipinski definition) is 0. The molecule has 0 heterocycles. The van der Waals surface area contributed by atoms with Crippen molar-refractivity contribution in [3.63, 3.8) is 0 Å². The Balaban J connectivity index is 2.61. The van der Waals surface area contributed by atoms with Crippen molar-refractivity contribution in [1.29, 1.82) is 0 Å². The molecule has 0 fully saturated rings. The molecule has 0 aliphatic heterocycles. The lowest BCUT2D eigenvalue weighted by molar-refractivity contribution is 0.592. The molecule has 3 nitrogen and oxygen atoms in total. The van der Waals surface area contributed by atoms with Crippen LogP contribution in [-0.4, -0.2) is 15.0 Å². The molecule has 0 aliphatic carbocycles. The van der Waals surface area contributed by atoms with E-state index >= 15 is 0 Å². The molecule has 122 valence electrons. The molecule has 0 spiro atoms. The molecule has 8 heteroatoms. The minimum absolute atomic E-state index is 0.0247. The summed E-state index contributed by atoms with van der Waals surface area (Å²) in [6.45, 7) is 3.49. The molecule has 0 bridgehead atoms. The van der Waals surface area contributed by atoms with Gasteiger partial charge in [0.1, 0.15) is 10.7 Å². The smallest absolute Gasteiger partial charge is 0.262 e. The predicted octanol–water partition coefficient (Wildman–Crippen LogP) is 5.17. The van der Waals surface area contributed by atoms with Gasteiger partial charge in [-0.15, -0.1) is 6.58 Å². The molecule has 23 heavy (non-hydrogen) atoms. The van der Waals surface area contributed by atoms with Crippen LogP contribution in [0.5, 0.6) is 0 Å². The van der Waals surface area contributed by atoms with Crippen LogP contribution in [0.2, 0.25) is 15.1 Å². The Hall–Kier alpha value is -1.27. The fourth-order valence-corrected chi connectivity index (χ4v) is 4.24. The van der Waals surface area contributed by atoms with Gasteiger partial charge in [0.25, 0.3) is 10.0 Å². The number of rotatable bonds is 5. The van der Waals surface area contributed by atoms with E-state index in [1.165, 1.54) is 36.4 Å². The molecule has 0 radical (unpaired) electrons. The van der Waals surface area contributed by atoms with E-state index in [1.807, 2.05) is 0 Å². The Kier molecular flexibility index (Phi) is 5.57. The van der Waals surface area contributed by atoms with Gasteiger partial charge < -0.3 is 0 Å². The quantitative estimate of drug-likeness (QED) is 0.656. The zero-order valence-corrected chi connectivity index (χ0v) is 14.7. The van der Waals surface area contributed by atoms with Crippen molar-refractivity contribution >= 4 is 50.5 Å². The number of benzene rings is 2. The first-order valence-corrected chi connectivity index (χ1v) is 8.88. The van der Waals surface area contributed by atoms with Crippen LogP contribution in [0.4, 0.5) is 10.1 Å². The van der Waals surface area contributed by atoms with Gasteiger partial charge in [-0.1, -0.05) is 40.9 Å². The summed E-state index contributed by atoms with van der Waals surface area (Å²) < 4.78 is 40.1. The minimum Gasteiger partial charge on any atom is -0.262 e. The van der Waals surface area contributed by atoms with Gasteiger partial charge in [0.2, 0.25) is 0 Å². The molecule has 0 atom stereocenters. The maximum Gasteiger partial charge on any atom is 0.266 e. The Morgan fingerprint density at radius 2 is 1.78 bits per heavy atom. The summed E-state index contributed by atoms with van der Waals surface area (Å²) in [4.78, 5) is -0.158. The highest BCUT2D eigenvalue weighted by Gasteiger charge is 2.27. The van der Waals surface area contributed by atoms with Gasteiger partial charge in [-0.25, -0.2) is 12.8 Å². The van der Waals surface area contributed by atoms with E-state index in [0.29, 0.717) is 0 Å². The number of hydrogen-bond acceptors (Lipinski definition) is 2. The molecule has 0 saturated heterocycles. The molecule has 0 unspecified atom stereocenters. The third kappa shape index (κ3) is 3.80. The lowest BCUT2D eigenvalue weighted by Crippen LogP contribution is -2.31. The van der Waals surface area contributed by atoms with Crippen LogP contribution in [0, 0.1) is 5.82 Å². The van der Waals surface area contributed by atoms with Crippen LogP contribution in [-0.2, 0) is 10.0 Å². The largest absolute Gasteiger partial charge is 0.266 e. The SMILES string of the molecule is C=CCN(c1ccc(F)c(Cl)c1)S(=O)(=O)c1cc(Cl)ccc1Cl. The fraction of sp³-hybridized carbons (Fsp3) is 0.0667. The number of nitrogens with zero attached hydrogens (tertiary/aromatic N) is 1. The van der Waals surface area contributed by atoms with E-state index in [4.69, 9.17) is 34.8 Å². The van der Waals surface area contributed by atoms with E-state index in [0.717, 1.165) is 10.4 Å². The third-order valence-corrected chi connectivity index (χ3v) is 5.75. The van der Waals surface area contributed by atoms with Crippen LogP contribution in [0.25, 0.3) is 0 Å². The second-order valence-electron chi connectivity index (χ2n) is 4.50. The van der Waals surface area contributed by atoms with Crippen molar-refractivity contribution in [2.75, 3.05) is 10.8 Å². The summed E-state index contributed by atoms with van der Waals surface area (Å²) in [5.41, 5.74) is 0.187. The van der Waals surface area contributed by atoms with E-state index in [9.17, 15) is 12.8 Å². The van der Waals surface area contributed by atoms with E-state index < -0.39 is 15.8 Å². The number of halogens is 4. The molecule has 2 aromatic carbocycles. The molecule has 0 N–H and O–H groups in total. The number of sulfonamides is 1. The van der Waals surface area contributed by atoms with Crippen molar-refractivity contribution in [2.45, 2.75) is 4.90 Å². The van der Waals surface area contributed by atoms with Crippen LogP contribution in [0.3, 0.4) is 0 Å². The summed E-state index contributed by atoms with van der Waals surface area (Å²) in [7, 11) is -4.03. The average Bonchev–Trinajstić information content (AvgIpc) is 2.50. The van der Waals surface area contributed by atoms with Crippen LogP contribution in [0.15, 0.2) is 53.9 Å². The maximum absolute atomic E-state index is 13.3. The molecule has 2 aromatic rings. The van der Waals surface area contributed by atoms with Crippen molar-refractivity contribution in [3.05, 3.63) is 69.9 Å². The average molecular weight is 395 g/mol. The first kappa shape index (κ1) is 18.1. The first-order chi connectivity index (χ1) is 10.8. The lowest BCUT2D eigenvalue weighted by atomic mass is 10.3. The number of anilines is 1. The molecular formula is C15H11Cl3FNO2S. The summed E-state index contributed by atoms with van der Waals surface area (Å²) in [5, 5.41) is 0.0595. The van der Waals surface area contributed by atoms with Crippen LogP contribution in [0.1, 0.15) is 0 Å². The highest BCUT2D eigenvalue weighted by molar-refractivity contribution is 7.93. The molecule has 0 amide bonds. The summed E-state index contributed by atoms with van der Waals surface area (Å²) in [6, 6.07) is 7.73. The minimum atomic E-state index is -4.03. The van der Waals surface area contributed by atoms with Crippen LogP contribution < -0.4 is 4.31 Å². The zero-order valence-electron chi connectivity index (χ0n) is 11.6. The van der Waals surface area contributed by atoms with Gasteiger partial charge in [0.05, 0.1) is 22.3 Å². The molecule has 0 aliphatic rings. The molecule has 0 aromatic heterocycles. The second-order valence-corrected chi connectivity index (χ2v) is 7.58. The van der Waals surface area contributed by atoms with Crippen molar-refractivity contribution in [1.82, 2.24) is 0 Å². The zero-order chi connectivity index (χ0) is 17.2. The Labute approximate surface area is 148 Å². The fourth-order valence-electron chi connectivity index (χ4n) is 1.89. The molecular weight excluding hydrogens is 384 g/mol. The predicted molar refractivity (Wildman–Crippen MR) is 92.6 cm³/mol. The summed E-state index contributed by atoms with van der Waals surface area (Å²) in [6.07, 6.45) is 1.40.